The first kappa shape index (κ1) is 16.1. The molecule has 110 valence electrons. The van der Waals surface area contributed by atoms with Crippen molar-refractivity contribution in [2.24, 2.45) is 0 Å². The van der Waals surface area contributed by atoms with Gasteiger partial charge in [-0.1, -0.05) is 0 Å². The van der Waals surface area contributed by atoms with Crippen molar-refractivity contribution in [1.82, 2.24) is 14.5 Å². The van der Waals surface area contributed by atoms with Gasteiger partial charge in [0.05, 0.1) is 25.3 Å². The molecule has 0 amide bonds. The molecule has 20 heavy (non-hydrogen) atoms. The van der Waals surface area contributed by atoms with Crippen molar-refractivity contribution in [1.29, 1.82) is 5.26 Å². The molecule has 1 rings (SSSR count). The van der Waals surface area contributed by atoms with Crippen molar-refractivity contribution in [2.75, 3.05) is 13.7 Å². The lowest BCUT2D eigenvalue weighted by Gasteiger charge is -2.21. The smallest absolute Gasteiger partial charge is 0.342 e. The van der Waals surface area contributed by atoms with E-state index < -0.39 is 22.0 Å². The Balaban J connectivity index is 3.15. The van der Waals surface area contributed by atoms with Gasteiger partial charge < -0.3 is 4.74 Å². The molecule has 0 aliphatic rings. The van der Waals surface area contributed by atoms with Crippen LogP contribution in [0.4, 0.5) is 0 Å². The number of carbonyl (C=O) groups excluding carboxylic acids is 1. The van der Waals surface area contributed by atoms with Gasteiger partial charge in [0.1, 0.15) is 5.56 Å². The fourth-order valence-corrected chi connectivity index (χ4v) is 2.89. The number of hydrogen-bond acceptors (Lipinski definition) is 6. The number of H-pyrrole nitrogens is 1. The summed E-state index contributed by atoms with van der Waals surface area (Å²) in [5, 5.41) is 14.2. The first-order valence-electron chi connectivity index (χ1n) is 5.91. The number of nitrogens with zero attached hydrogens (tertiary/aromatic N) is 3. The van der Waals surface area contributed by atoms with Gasteiger partial charge in [-0.05, 0) is 13.8 Å². The Kier molecular flexibility index (Phi) is 5.24. The van der Waals surface area contributed by atoms with Crippen molar-refractivity contribution in [3.63, 3.8) is 0 Å². The van der Waals surface area contributed by atoms with Gasteiger partial charge in [0.2, 0.25) is 0 Å². The van der Waals surface area contributed by atoms with E-state index in [0.717, 1.165) is 10.5 Å². The van der Waals surface area contributed by atoms with Gasteiger partial charge in [0.25, 0.3) is 10.0 Å². The molecule has 0 bridgehead atoms. The standard InChI is InChI=1S/C11H16N4O4S/c1-4-19-11(16)9-7-13-14-10(9)20(17,18)15(3)8(2)5-6-12/h7-8H,4-5H2,1-3H3,(H,13,14). The summed E-state index contributed by atoms with van der Waals surface area (Å²) in [4.78, 5) is 11.7. The second-order valence-electron chi connectivity index (χ2n) is 4.07. The van der Waals surface area contributed by atoms with Crippen LogP contribution in [0.2, 0.25) is 0 Å². The second-order valence-corrected chi connectivity index (χ2v) is 6.00. The van der Waals surface area contributed by atoms with E-state index >= 15 is 0 Å². The number of rotatable bonds is 6. The molecule has 1 unspecified atom stereocenters. The fourth-order valence-electron chi connectivity index (χ4n) is 1.47. The number of aromatic amines is 1. The van der Waals surface area contributed by atoms with Gasteiger partial charge in [-0.2, -0.15) is 14.7 Å². The molecule has 0 radical (unpaired) electrons. The zero-order valence-electron chi connectivity index (χ0n) is 11.5. The van der Waals surface area contributed by atoms with E-state index in [1.807, 2.05) is 6.07 Å². The van der Waals surface area contributed by atoms with Crippen LogP contribution in [0.1, 0.15) is 30.6 Å². The molecule has 1 aromatic rings. The highest BCUT2D eigenvalue weighted by molar-refractivity contribution is 7.89. The molecule has 0 aromatic carbocycles. The Bertz CT molecular complexity index is 617. The van der Waals surface area contributed by atoms with Crippen molar-refractivity contribution in [2.45, 2.75) is 31.3 Å². The summed E-state index contributed by atoms with van der Waals surface area (Å²) in [5.74, 6) is -0.763. The van der Waals surface area contributed by atoms with E-state index in [-0.39, 0.29) is 23.6 Å². The zero-order chi connectivity index (χ0) is 15.3. The van der Waals surface area contributed by atoms with Crippen molar-refractivity contribution >= 4 is 16.0 Å². The average molecular weight is 300 g/mol. The maximum atomic E-state index is 12.4. The number of ether oxygens (including phenoxy) is 1. The minimum atomic E-state index is -3.95. The molecule has 1 aromatic heterocycles. The number of esters is 1. The van der Waals surface area contributed by atoms with Gasteiger partial charge in [-0.3, -0.25) is 5.10 Å². The monoisotopic (exact) mass is 300 g/mol. The van der Waals surface area contributed by atoms with E-state index in [1.165, 1.54) is 7.05 Å². The van der Waals surface area contributed by atoms with Crippen LogP contribution < -0.4 is 0 Å². The zero-order valence-corrected chi connectivity index (χ0v) is 12.3. The third-order valence-electron chi connectivity index (χ3n) is 2.74. The predicted octanol–water partition coefficient (Wildman–Crippen LogP) is 0.509. The normalized spacial score (nSPS) is 12.9. The van der Waals surface area contributed by atoms with E-state index in [1.54, 1.807) is 13.8 Å². The lowest BCUT2D eigenvalue weighted by Crippen LogP contribution is -2.35. The summed E-state index contributed by atoms with van der Waals surface area (Å²) < 4.78 is 30.5. The van der Waals surface area contributed by atoms with Gasteiger partial charge in [0.15, 0.2) is 5.03 Å². The van der Waals surface area contributed by atoms with Crippen LogP contribution in [0.25, 0.3) is 0 Å². The summed E-state index contributed by atoms with van der Waals surface area (Å²) in [6.07, 6.45) is 1.15. The molecule has 1 N–H and O–H groups in total. The van der Waals surface area contributed by atoms with Gasteiger partial charge in [0, 0.05) is 13.1 Å². The Labute approximate surface area is 117 Å². The lowest BCUT2D eigenvalue weighted by molar-refractivity contribution is 0.0521. The number of nitrogens with one attached hydrogen (secondary N) is 1. The molecule has 0 aliphatic heterocycles. The quantitative estimate of drug-likeness (QED) is 0.765. The Morgan fingerprint density at radius 3 is 2.85 bits per heavy atom. The number of sulfonamides is 1. The first-order chi connectivity index (χ1) is 9.36. The van der Waals surface area contributed by atoms with Crippen molar-refractivity contribution < 1.29 is 17.9 Å². The Morgan fingerprint density at radius 1 is 1.65 bits per heavy atom. The number of aromatic nitrogens is 2. The van der Waals surface area contributed by atoms with Crippen LogP contribution in [0, 0.1) is 11.3 Å². The SMILES string of the molecule is CCOC(=O)c1cn[nH]c1S(=O)(=O)N(C)C(C)CC#N. The topological polar surface area (TPSA) is 116 Å². The fraction of sp³-hybridized carbons (Fsp3) is 0.545. The minimum Gasteiger partial charge on any atom is -0.462 e. The highest BCUT2D eigenvalue weighted by Crippen LogP contribution is 2.20. The second kappa shape index (κ2) is 6.49. The summed E-state index contributed by atoms with van der Waals surface area (Å²) in [6.45, 7) is 3.35. The Hall–Kier alpha value is -1.92. The van der Waals surface area contributed by atoms with Crippen molar-refractivity contribution in [3.8, 4) is 6.07 Å². The summed E-state index contributed by atoms with van der Waals surface area (Å²) in [5.41, 5.74) is -0.150. The number of nitriles is 1. The van der Waals surface area contributed by atoms with Crippen LogP contribution in [-0.4, -0.2) is 48.6 Å². The highest BCUT2D eigenvalue weighted by atomic mass is 32.2. The third kappa shape index (κ3) is 3.15. The number of carbonyl (C=O) groups is 1. The first-order valence-corrected chi connectivity index (χ1v) is 7.35. The highest BCUT2D eigenvalue weighted by Gasteiger charge is 2.31. The summed E-state index contributed by atoms with van der Waals surface area (Å²) in [6, 6.07) is 1.38. The number of hydrogen-bond donors (Lipinski definition) is 1. The van der Waals surface area contributed by atoms with Gasteiger partial charge in [-0.25, -0.2) is 13.2 Å². The van der Waals surface area contributed by atoms with Crippen LogP contribution in [-0.2, 0) is 14.8 Å². The molecule has 1 atom stereocenters. The maximum absolute atomic E-state index is 12.4. The minimum absolute atomic E-state index is 0.0403. The molecule has 0 fully saturated rings. The Morgan fingerprint density at radius 2 is 2.30 bits per heavy atom. The third-order valence-corrected chi connectivity index (χ3v) is 4.69. The molecule has 0 saturated heterocycles. The molecule has 0 aliphatic carbocycles. The maximum Gasteiger partial charge on any atom is 0.342 e. The largest absolute Gasteiger partial charge is 0.462 e. The van der Waals surface area contributed by atoms with E-state index in [4.69, 9.17) is 10.00 Å². The van der Waals surface area contributed by atoms with E-state index in [0.29, 0.717) is 0 Å². The molecule has 9 heteroatoms. The van der Waals surface area contributed by atoms with Crippen LogP contribution >= 0.6 is 0 Å². The molecule has 1 heterocycles. The molecule has 8 nitrogen and oxygen atoms in total. The molecule has 0 spiro atoms. The van der Waals surface area contributed by atoms with Crippen molar-refractivity contribution in [3.05, 3.63) is 11.8 Å². The molecule has 0 saturated carbocycles. The van der Waals surface area contributed by atoms with Crippen LogP contribution in [0.5, 0.6) is 0 Å². The summed E-state index contributed by atoms with van der Waals surface area (Å²) >= 11 is 0. The van der Waals surface area contributed by atoms with Gasteiger partial charge >= 0.3 is 5.97 Å². The average Bonchev–Trinajstić information content (AvgIpc) is 2.88. The molecular formula is C11H16N4O4S. The molecular weight excluding hydrogens is 284 g/mol. The predicted molar refractivity (Wildman–Crippen MR) is 69.2 cm³/mol. The van der Waals surface area contributed by atoms with E-state index in [2.05, 4.69) is 10.2 Å². The van der Waals surface area contributed by atoms with Crippen LogP contribution in [0.3, 0.4) is 0 Å². The van der Waals surface area contributed by atoms with Gasteiger partial charge in [-0.15, -0.1) is 0 Å². The lowest BCUT2D eigenvalue weighted by atomic mass is 10.3. The van der Waals surface area contributed by atoms with Crippen LogP contribution in [0.15, 0.2) is 11.2 Å². The van der Waals surface area contributed by atoms with E-state index in [9.17, 15) is 13.2 Å². The summed E-state index contributed by atoms with van der Waals surface area (Å²) in [7, 11) is -2.61.